The molecule has 0 fully saturated rings. The summed E-state index contributed by atoms with van der Waals surface area (Å²) in [6.45, 7) is 3.98. The second kappa shape index (κ2) is 4.46. The number of anilines is 1. The SMILES string of the molecule is CC(C)c1nn(C)c(-n2cnc(C#N)c2C#N)c1N. The Bertz CT molecular complexity index is 706. The standard InChI is InChI=1S/C12H13N7/c1-7(2)11-10(15)12(18(3)17-11)19-6-16-8(4-13)9(19)5-14/h6-7H,15H2,1-3H3. The molecular formula is C12H13N7. The summed E-state index contributed by atoms with van der Waals surface area (Å²) in [6.07, 6.45) is 1.41. The molecule has 0 atom stereocenters. The van der Waals surface area contributed by atoms with Crippen molar-refractivity contribution in [1.82, 2.24) is 19.3 Å². The van der Waals surface area contributed by atoms with E-state index in [4.69, 9.17) is 16.3 Å². The van der Waals surface area contributed by atoms with Crippen LogP contribution in [0.4, 0.5) is 5.69 Å². The molecule has 2 aromatic rings. The number of hydrogen-bond acceptors (Lipinski definition) is 5. The summed E-state index contributed by atoms with van der Waals surface area (Å²) in [6, 6.07) is 3.85. The first-order chi connectivity index (χ1) is 9.01. The van der Waals surface area contributed by atoms with E-state index in [9.17, 15) is 0 Å². The lowest BCUT2D eigenvalue weighted by molar-refractivity contribution is 0.692. The molecular weight excluding hydrogens is 242 g/mol. The average molecular weight is 255 g/mol. The maximum absolute atomic E-state index is 9.15. The number of aryl methyl sites for hydroxylation is 1. The van der Waals surface area contributed by atoms with Gasteiger partial charge in [-0.1, -0.05) is 13.8 Å². The zero-order valence-corrected chi connectivity index (χ0v) is 10.9. The van der Waals surface area contributed by atoms with Crippen molar-refractivity contribution >= 4 is 5.69 Å². The lowest BCUT2D eigenvalue weighted by Crippen LogP contribution is -2.06. The van der Waals surface area contributed by atoms with Crippen LogP contribution in [-0.4, -0.2) is 19.3 Å². The fraction of sp³-hybridized carbons (Fsp3) is 0.333. The lowest BCUT2D eigenvalue weighted by atomic mass is 10.1. The third-order valence-corrected chi connectivity index (χ3v) is 2.84. The molecule has 96 valence electrons. The van der Waals surface area contributed by atoms with E-state index >= 15 is 0 Å². The molecule has 19 heavy (non-hydrogen) atoms. The highest BCUT2D eigenvalue weighted by Crippen LogP contribution is 2.27. The highest BCUT2D eigenvalue weighted by atomic mass is 15.3. The quantitative estimate of drug-likeness (QED) is 0.862. The second-order valence-corrected chi connectivity index (χ2v) is 4.44. The fourth-order valence-corrected chi connectivity index (χ4v) is 1.96. The molecule has 2 heterocycles. The van der Waals surface area contributed by atoms with Gasteiger partial charge in [0.05, 0.1) is 11.4 Å². The van der Waals surface area contributed by atoms with Crippen LogP contribution >= 0.6 is 0 Å². The lowest BCUT2D eigenvalue weighted by Gasteiger charge is -2.05. The molecule has 0 unspecified atom stereocenters. The summed E-state index contributed by atoms with van der Waals surface area (Å²) in [5.74, 6) is 0.721. The molecule has 0 radical (unpaired) electrons. The molecule has 7 nitrogen and oxygen atoms in total. The Morgan fingerprint density at radius 1 is 1.32 bits per heavy atom. The van der Waals surface area contributed by atoms with E-state index in [-0.39, 0.29) is 17.3 Å². The number of nitrogens with zero attached hydrogens (tertiary/aromatic N) is 6. The molecule has 0 bridgehead atoms. The van der Waals surface area contributed by atoms with Crippen LogP contribution in [-0.2, 0) is 7.05 Å². The third kappa shape index (κ3) is 1.81. The van der Waals surface area contributed by atoms with E-state index in [1.165, 1.54) is 10.9 Å². The number of imidazole rings is 1. The van der Waals surface area contributed by atoms with Gasteiger partial charge >= 0.3 is 0 Å². The van der Waals surface area contributed by atoms with Crippen molar-refractivity contribution in [2.24, 2.45) is 7.05 Å². The van der Waals surface area contributed by atoms with Crippen molar-refractivity contribution in [2.75, 3.05) is 5.73 Å². The summed E-state index contributed by atoms with van der Waals surface area (Å²) in [5.41, 5.74) is 7.58. The third-order valence-electron chi connectivity index (χ3n) is 2.84. The molecule has 0 amide bonds. The van der Waals surface area contributed by atoms with Crippen LogP contribution in [0.25, 0.3) is 5.82 Å². The monoisotopic (exact) mass is 255 g/mol. The van der Waals surface area contributed by atoms with Gasteiger partial charge < -0.3 is 5.73 Å². The summed E-state index contributed by atoms with van der Waals surface area (Å²) >= 11 is 0. The number of nitriles is 2. The molecule has 0 aliphatic carbocycles. The number of nitrogen functional groups attached to an aromatic ring is 1. The first-order valence-electron chi connectivity index (χ1n) is 5.71. The first kappa shape index (κ1) is 12.7. The summed E-state index contributed by atoms with van der Waals surface area (Å²) in [4.78, 5) is 3.90. The Hall–Kier alpha value is -2.80. The maximum atomic E-state index is 9.15. The molecule has 0 aliphatic rings. The summed E-state index contributed by atoms with van der Waals surface area (Å²) in [7, 11) is 1.74. The van der Waals surface area contributed by atoms with Crippen molar-refractivity contribution in [3.63, 3.8) is 0 Å². The number of rotatable bonds is 2. The zero-order valence-electron chi connectivity index (χ0n) is 10.9. The fourth-order valence-electron chi connectivity index (χ4n) is 1.96. The largest absolute Gasteiger partial charge is 0.394 e. The van der Waals surface area contributed by atoms with Gasteiger partial charge in [0.2, 0.25) is 0 Å². The van der Waals surface area contributed by atoms with Gasteiger partial charge in [0.15, 0.2) is 17.2 Å². The average Bonchev–Trinajstić information content (AvgIpc) is 2.89. The second-order valence-electron chi connectivity index (χ2n) is 4.44. The van der Waals surface area contributed by atoms with E-state index in [1.807, 2.05) is 26.0 Å². The molecule has 0 aliphatic heterocycles. The van der Waals surface area contributed by atoms with E-state index in [0.29, 0.717) is 11.5 Å². The molecule has 0 saturated heterocycles. The van der Waals surface area contributed by atoms with Gasteiger partial charge in [-0.25, -0.2) is 9.67 Å². The molecule has 7 heteroatoms. The predicted molar refractivity (Wildman–Crippen MR) is 68.3 cm³/mol. The van der Waals surface area contributed by atoms with Gasteiger partial charge in [0.1, 0.15) is 18.5 Å². The van der Waals surface area contributed by atoms with Crippen molar-refractivity contribution in [1.29, 1.82) is 10.5 Å². The van der Waals surface area contributed by atoms with Gasteiger partial charge in [-0.05, 0) is 5.92 Å². The van der Waals surface area contributed by atoms with E-state index < -0.39 is 0 Å². The Balaban J connectivity index is 2.71. The minimum absolute atomic E-state index is 0.0780. The van der Waals surface area contributed by atoms with E-state index in [2.05, 4.69) is 10.1 Å². The number of nitrogens with two attached hydrogens (primary N) is 1. The van der Waals surface area contributed by atoms with E-state index in [1.54, 1.807) is 11.7 Å². The Kier molecular flexibility index (Phi) is 2.97. The van der Waals surface area contributed by atoms with Gasteiger partial charge in [-0.3, -0.25) is 4.57 Å². The van der Waals surface area contributed by atoms with Crippen LogP contribution in [0.5, 0.6) is 0 Å². The van der Waals surface area contributed by atoms with Gasteiger partial charge in [-0.2, -0.15) is 15.6 Å². The zero-order chi connectivity index (χ0) is 14.2. The number of hydrogen-bond donors (Lipinski definition) is 1. The highest BCUT2D eigenvalue weighted by Gasteiger charge is 2.21. The molecule has 0 spiro atoms. The van der Waals surface area contributed by atoms with Crippen LogP contribution in [0.2, 0.25) is 0 Å². The van der Waals surface area contributed by atoms with Gasteiger partial charge in [-0.15, -0.1) is 0 Å². The topological polar surface area (TPSA) is 109 Å². The normalized spacial score (nSPS) is 10.4. The summed E-state index contributed by atoms with van der Waals surface area (Å²) < 4.78 is 3.08. The van der Waals surface area contributed by atoms with Crippen molar-refractivity contribution in [3.05, 3.63) is 23.4 Å². The van der Waals surface area contributed by atoms with Crippen LogP contribution in [0.1, 0.15) is 36.8 Å². The Morgan fingerprint density at radius 3 is 2.47 bits per heavy atom. The maximum Gasteiger partial charge on any atom is 0.177 e. The molecule has 0 aromatic carbocycles. The smallest absolute Gasteiger partial charge is 0.177 e. The van der Waals surface area contributed by atoms with Crippen LogP contribution < -0.4 is 5.73 Å². The van der Waals surface area contributed by atoms with Crippen LogP contribution in [0.15, 0.2) is 6.33 Å². The Morgan fingerprint density at radius 2 is 2.00 bits per heavy atom. The van der Waals surface area contributed by atoms with Crippen molar-refractivity contribution in [3.8, 4) is 18.0 Å². The molecule has 2 N–H and O–H groups in total. The summed E-state index contributed by atoms with van der Waals surface area (Å²) in [5, 5.41) is 22.4. The van der Waals surface area contributed by atoms with Crippen LogP contribution in [0, 0.1) is 22.7 Å². The van der Waals surface area contributed by atoms with Crippen molar-refractivity contribution in [2.45, 2.75) is 19.8 Å². The molecule has 2 aromatic heterocycles. The number of aromatic nitrogens is 4. The first-order valence-corrected chi connectivity index (χ1v) is 5.71. The van der Waals surface area contributed by atoms with Gasteiger partial charge in [0, 0.05) is 7.05 Å². The van der Waals surface area contributed by atoms with Gasteiger partial charge in [0.25, 0.3) is 0 Å². The minimum atomic E-state index is 0.0780. The Labute approximate surface area is 110 Å². The van der Waals surface area contributed by atoms with Crippen molar-refractivity contribution < 1.29 is 0 Å². The predicted octanol–water partition coefficient (Wildman–Crippen LogP) is 1.05. The minimum Gasteiger partial charge on any atom is -0.394 e. The molecule has 0 saturated carbocycles. The van der Waals surface area contributed by atoms with E-state index in [0.717, 1.165) is 5.69 Å². The van der Waals surface area contributed by atoms with Crippen LogP contribution in [0.3, 0.4) is 0 Å². The highest BCUT2D eigenvalue weighted by molar-refractivity contribution is 5.60. The molecule has 2 rings (SSSR count).